The molecule has 0 aliphatic rings. The number of carbonyl (C=O) groups is 1. The molecule has 0 fully saturated rings. The largest absolute Gasteiger partial charge is 0.497 e. The standard InChI is InChI=1S/C16H25NO4/c1-5-7-14(16(18)21-6-2)17-11-12-8-9-13(19-3)10-15(12)20-4/h8-10,14,17H,5-7,11H2,1-4H3. The molecule has 1 aromatic carbocycles. The van der Waals surface area contributed by atoms with E-state index in [-0.39, 0.29) is 12.0 Å². The van der Waals surface area contributed by atoms with Crippen molar-refractivity contribution in [2.24, 2.45) is 0 Å². The van der Waals surface area contributed by atoms with Crippen molar-refractivity contribution in [1.29, 1.82) is 0 Å². The zero-order valence-electron chi connectivity index (χ0n) is 13.3. The second-order valence-corrected chi connectivity index (χ2v) is 4.65. The molecule has 0 amide bonds. The second-order valence-electron chi connectivity index (χ2n) is 4.65. The highest BCUT2D eigenvalue weighted by Crippen LogP contribution is 2.24. The van der Waals surface area contributed by atoms with Gasteiger partial charge in [-0.05, 0) is 19.4 Å². The van der Waals surface area contributed by atoms with Crippen molar-refractivity contribution in [1.82, 2.24) is 5.32 Å². The maximum atomic E-state index is 11.9. The zero-order valence-corrected chi connectivity index (χ0v) is 13.3. The smallest absolute Gasteiger partial charge is 0.323 e. The van der Waals surface area contributed by atoms with Crippen LogP contribution in [0.3, 0.4) is 0 Å². The maximum absolute atomic E-state index is 11.9. The molecule has 0 saturated carbocycles. The number of carbonyl (C=O) groups excluding carboxylic acids is 1. The maximum Gasteiger partial charge on any atom is 0.323 e. The number of nitrogens with one attached hydrogen (secondary N) is 1. The van der Waals surface area contributed by atoms with Crippen LogP contribution in [-0.4, -0.2) is 32.8 Å². The molecule has 0 radical (unpaired) electrons. The Labute approximate surface area is 126 Å². The summed E-state index contributed by atoms with van der Waals surface area (Å²) in [5, 5.41) is 3.24. The molecule has 1 atom stereocenters. The Balaban J connectivity index is 2.72. The van der Waals surface area contributed by atoms with E-state index in [9.17, 15) is 4.79 Å². The molecule has 5 nitrogen and oxygen atoms in total. The minimum absolute atomic E-state index is 0.202. The van der Waals surface area contributed by atoms with Crippen LogP contribution >= 0.6 is 0 Å². The summed E-state index contributed by atoms with van der Waals surface area (Å²) in [5.41, 5.74) is 0.976. The van der Waals surface area contributed by atoms with Crippen LogP contribution in [-0.2, 0) is 16.1 Å². The summed E-state index contributed by atoms with van der Waals surface area (Å²) in [7, 11) is 3.23. The van der Waals surface area contributed by atoms with E-state index in [1.165, 1.54) is 0 Å². The molecule has 0 saturated heterocycles. The monoisotopic (exact) mass is 295 g/mol. The molecule has 0 aliphatic heterocycles. The number of benzene rings is 1. The Bertz CT molecular complexity index is 448. The fourth-order valence-corrected chi connectivity index (χ4v) is 2.07. The minimum atomic E-state index is -0.290. The summed E-state index contributed by atoms with van der Waals surface area (Å²) in [6.45, 7) is 4.79. The van der Waals surface area contributed by atoms with Crippen molar-refractivity contribution in [3.63, 3.8) is 0 Å². The molecular formula is C16H25NO4. The van der Waals surface area contributed by atoms with E-state index in [4.69, 9.17) is 14.2 Å². The number of hydrogen-bond acceptors (Lipinski definition) is 5. The van der Waals surface area contributed by atoms with E-state index >= 15 is 0 Å². The molecule has 1 N–H and O–H groups in total. The van der Waals surface area contributed by atoms with Gasteiger partial charge in [0.05, 0.1) is 20.8 Å². The van der Waals surface area contributed by atoms with Gasteiger partial charge in [-0.3, -0.25) is 4.79 Å². The highest BCUT2D eigenvalue weighted by molar-refractivity contribution is 5.75. The van der Waals surface area contributed by atoms with E-state index in [0.717, 1.165) is 29.9 Å². The molecule has 0 heterocycles. The molecule has 118 valence electrons. The van der Waals surface area contributed by atoms with Gasteiger partial charge in [0.1, 0.15) is 17.5 Å². The van der Waals surface area contributed by atoms with Crippen LogP contribution < -0.4 is 14.8 Å². The summed E-state index contributed by atoms with van der Waals surface area (Å²) in [6, 6.07) is 5.34. The lowest BCUT2D eigenvalue weighted by Gasteiger charge is -2.18. The van der Waals surface area contributed by atoms with Gasteiger partial charge in [-0.25, -0.2) is 0 Å². The third-order valence-electron chi connectivity index (χ3n) is 3.18. The first-order chi connectivity index (χ1) is 10.2. The highest BCUT2D eigenvalue weighted by atomic mass is 16.5. The van der Waals surface area contributed by atoms with Crippen LogP contribution in [0.25, 0.3) is 0 Å². The normalized spacial score (nSPS) is 11.8. The fourth-order valence-electron chi connectivity index (χ4n) is 2.07. The number of rotatable bonds is 9. The van der Waals surface area contributed by atoms with Gasteiger partial charge in [0, 0.05) is 18.2 Å². The Morgan fingerprint density at radius 3 is 2.57 bits per heavy atom. The molecule has 1 aromatic rings. The zero-order chi connectivity index (χ0) is 15.7. The first-order valence-corrected chi connectivity index (χ1v) is 7.27. The van der Waals surface area contributed by atoms with E-state index < -0.39 is 0 Å². The first-order valence-electron chi connectivity index (χ1n) is 7.27. The summed E-state index contributed by atoms with van der Waals surface area (Å²) in [4.78, 5) is 11.9. The lowest BCUT2D eigenvalue weighted by atomic mass is 10.1. The van der Waals surface area contributed by atoms with Crippen LogP contribution in [0.15, 0.2) is 18.2 Å². The Morgan fingerprint density at radius 2 is 2.00 bits per heavy atom. The molecule has 1 unspecified atom stereocenters. The van der Waals surface area contributed by atoms with Crippen LogP contribution in [0.2, 0.25) is 0 Å². The van der Waals surface area contributed by atoms with E-state index in [1.54, 1.807) is 14.2 Å². The minimum Gasteiger partial charge on any atom is -0.497 e. The number of esters is 1. The Hall–Kier alpha value is -1.75. The van der Waals surface area contributed by atoms with Gasteiger partial charge in [0.25, 0.3) is 0 Å². The Kier molecular flexibility index (Phi) is 7.61. The third kappa shape index (κ3) is 5.27. The lowest BCUT2D eigenvalue weighted by Crippen LogP contribution is -2.37. The van der Waals surface area contributed by atoms with Gasteiger partial charge < -0.3 is 19.5 Å². The summed E-state index contributed by atoms with van der Waals surface area (Å²) in [6.07, 6.45) is 1.66. The quantitative estimate of drug-likeness (QED) is 0.709. The summed E-state index contributed by atoms with van der Waals surface area (Å²) >= 11 is 0. The van der Waals surface area contributed by atoms with Crippen molar-refractivity contribution in [3.05, 3.63) is 23.8 Å². The van der Waals surface area contributed by atoms with Gasteiger partial charge in [-0.1, -0.05) is 19.4 Å². The van der Waals surface area contributed by atoms with Crippen LogP contribution in [0.5, 0.6) is 11.5 Å². The fraction of sp³-hybridized carbons (Fsp3) is 0.562. The lowest BCUT2D eigenvalue weighted by molar-refractivity contribution is -0.145. The molecule has 21 heavy (non-hydrogen) atoms. The SMILES string of the molecule is CCCC(NCc1ccc(OC)cc1OC)C(=O)OCC. The van der Waals surface area contributed by atoms with Crippen molar-refractivity contribution in [2.75, 3.05) is 20.8 Å². The van der Waals surface area contributed by atoms with Crippen molar-refractivity contribution >= 4 is 5.97 Å². The third-order valence-corrected chi connectivity index (χ3v) is 3.18. The van der Waals surface area contributed by atoms with Crippen LogP contribution in [0.1, 0.15) is 32.3 Å². The molecule has 0 aliphatic carbocycles. The van der Waals surface area contributed by atoms with Crippen LogP contribution in [0.4, 0.5) is 0 Å². The second kappa shape index (κ2) is 9.23. The van der Waals surface area contributed by atoms with Gasteiger partial charge in [0.2, 0.25) is 0 Å². The predicted molar refractivity (Wildman–Crippen MR) is 81.7 cm³/mol. The molecule has 5 heteroatoms. The molecular weight excluding hydrogens is 270 g/mol. The summed E-state index contributed by atoms with van der Waals surface area (Å²) < 4.78 is 15.6. The number of methoxy groups -OCH3 is 2. The van der Waals surface area contributed by atoms with Gasteiger partial charge in [-0.2, -0.15) is 0 Å². The highest BCUT2D eigenvalue weighted by Gasteiger charge is 2.18. The summed E-state index contributed by atoms with van der Waals surface area (Å²) in [5.74, 6) is 1.28. The average molecular weight is 295 g/mol. The van der Waals surface area contributed by atoms with E-state index in [1.807, 2.05) is 32.0 Å². The van der Waals surface area contributed by atoms with Gasteiger partial charge >= 0.3 is 5.97 Å². The Morgan fingerprint density at radius 1 is 1.24 bits per heavy atom. The van der Waals surface area contributed by atoms with Crippen LogP contribution in [0, 0.1) is 0 Å². The number of hydrogen-bond donors (Lipinski definition) is 1. The van der Waals surface area contributed by atoms with Crippen molar-refractivity contribution in [2.45, 2.75) is 39.3 Å². The van der Waals surface area contributed by atoms with E-state index in [2.05, 4.69) is 5.32 Å². The molecule has 0 spiro atoms. The molecule has 0 aromatic heterocycles. The predicted octanol–water partition coefficient (Wildman–Crippen LogP) is 2.53. The molecule has 0 bridgehead atoms. The first kappa shape index (κ1) is 17.3. The average Bonchev–Trinajstić information content (AvgIpc) is 2.51. The van der Waals surface area contributed by atoms with Crippen molar-refractivity contribution < 1.29 is 19.0 Å². The van der Waals surface area contributed by atoms with Crippen molar-refractivity contribution in [3.8, 4) is 11.5 Å². The molecule has 1 rings (SSSR count). The van der Waals surface area contributed by atoms with Gasteiger partial charge in [0.15, 0.2) is 0 Å². The topological polar surface area (TPSA) is 56.8 Å². The van der Waals surface area contributed by atoms with Gasteiger partial charge in [-0.15, -0.1) is 0 Å². The number of ether oxygens (including phenoxy) is 3. The van der Waals surface area contributed by atoms with E-state index in [0.29, 0.717) is 13.2 Å².